The summed E-state index contributed by atoms with van der Waals surface area (Å²) in [6.07, 6.45) is 2.49. The van der Waals surface area contributed by atoms with E-state index in [0.717, 1.165) is 0 Å². The van der Waals surface area contributed by atoms with E-state index in [2.05, 4.69) is 4.74 Å². The van der Waals surface area contributed by atoms with Gasteiger partial charge in [-0.2, -0.15) is 0 Å². The zero-order valence-corrected chi connectivity index (χ0v) is 8.59. The van der Waals surface area contributed by atoms with Crippen LogP contribution in [0.25, 0.3) is 0 Å². The number of allylic oxidation sites excluding steroid dienone is 1. The molecule has 0 aromatic carbocycles. The van der Waals surface area contributed by atoms with Gasteiger partial charge in [-0.15, -0.1) is 0 Å². The SMILES string of the molecule is CO/C=C/C(=O)CC(=O)C(C)(C)C. The molecule has 3 nitrogen and oxygen atoms in total. The van der Waals surface area contributed by atoms with Crippen LogP contribution in [0.15, 0.2) is 12.3 Å². The normalized spacial score (nSPS) is 11.7. The molecule has 74 valence electrons. The molecule has 0 N–H and O–H groups in total. The molecule has 0 rings (SSSR count). The van der Waals surface area contributed by atoms with Crippen molar-refractivity contribution >= 4 is 11.6 Å². The molecule has 0 aliphatic rings. The van der Waals surface area contributed by atoms with E-state index in [1.54, 1.807) is 20.8 Å². The topological polar surface area (TPSA) is 43.4 Å². The molecule has 13 heavy (non-hydrogen) atoms. The number of methoxy groups -OCH3 is 1. The highest BCUT2D eigenvalue weighted by atomic mass is 16.5. The van der Waals surface area contributed by atoms with Crippen LogP contribution in [0, 0.1) is 5.41 Å². The van der Waals surface area contributed by atoms with Crippen LogP contribution in [0.4, 0.5) is 0 Å². The van der Waals surface area contributed by atoms with Crippen LogP contribution >= 0.6 is 0 Å². The van der Waals surface area contributed by atoms with Gasteiger partial charge in [-0.25, -0.2) is 0 Å². The minimum Gasteiger partial charge on any atom is -0.504 e. The third kappa shape index (κ3) is 5.17. The lowest BCUT2D eigenvalue weighted by atomic mass is 9.88. The molecule has 0 fully saturated rings. The van der Waals surface area contributed by atoms with E-state index in [1.165, 1.54) is 19.4 Å². The van der Waals surface area contributed by atoms with Crippen molar-refractivity contribution in [3.8, 4) is 0 Å². The molecule has 0 atom stereocenters. The molecule has 0 saturated carbocycles. The van der Waals surface area contributed by atoms with E-state index in [9.17, 15) is 9.59 Å². The van der Waals surface area contributed by atoms with Crippen molar-refractivity contribution in [2.75, 3.05) is 7.11 Å². The molecule has 0 radical (unpaired) electrons. The lowest BCUT2D eigenvalue weighted by Gasteiger charge is -2.14. The van der Waals surface area contributed by atoms with Crippen LogP contribution in [-0.2, 0) is 14.3 Å². The van der Waals surface area contributed by atoms with Crippen LogP contribution in [-0.4, -0.2) is 18.7 Å². The van der Waals surface area contributed by atoms with Crippen LogP contribution in [0.3, 0.4) is 0 Å². The van der Waals surface area contributed by atoms with Gasteiger partial charge in [0.2, 0.25) is 0 Å². The highest BCUT2D eigenvalue weighted by Gasteiger charge is 2.22. The standard InChI is InChI=1S/C10H16O3/c1-10(2,3)9(12)7-8(11)5-6-13-4/h5-6H,7H2,1-4H3/b6-5+. The molecule has 0 aliphatic carbocycles. The van der Waals surface area contributed by atoms with Crippen molar-refractivity contribution in [1.82, 2.24) is 0 Å². The fraction of sp³-hybridized carbons (Fsp3) is 0.600. The minimum absolute atomic E-state index is 0.0522. The maximum absolute atomic E-state index is 11.3. The second-order valence-corrected chi connectivity index (χ2v) is 3.85. The summed E-state index contributed by atoms with van der Waals surface area (Å²) in [5.41, 5.74) is -0.448. The predicted molar refractivity (Wildman–Crippen MR) is 50.2 cm³/mol. The summed E-state index contributed by atoms with van der Waals surface area (Å²) in [6.45, 7) is 5.38. The smallest absolute Gasteiger partial charge is 0.166 e. The van der Waals surface area contributed by atoms with E-state index in [0.29, 0.717) is 0 Å². The molecular formula is C10H16O3. The van der Waals surface area contributed by atoms with Crippen molar-refractivity contribution in [2.45, 2.75) is 27.2 Å². The van der Waals surface area contributed by atoms with Crippen molar-refractivity contribution < 1.29 is 14.3 Å². The number of carbonyl (C=O) groups excluding carboxylic acids is 2. The Hall–Kier alpha value is -1.12. The second kappa shape index (κ2) is 4.80. The molecule has 0 heterocycles. The van der Waals surface area contributed by atoms with Crippen LogP contribution < -0.4 is 0 Å². The Balaban J connectivity index is 4.08. The fourth-order valence-corrected chi connectivity index (χ4v) is 0.626. The molecule has 0 bridgehead atoms. The van der Waals surface area contributed by atoms with Gasteiger partial charge in [0.05, 0.1) is 19.8 Å². The summed E-state index contributed by atoms with van der Waals surface area (Å²) in [6, 6.07) is 0. The first-order valence-electron chi connectivity index (χ1n) is 4.13. The summed E-state index contributed by atoms with van der Waals surface area (Å²) < 4.78 is 4.57. The average Bonchev–Trinajstić information content (AvgIpc) is 1.99. The summed E-state index contributed by atoms with van der Waals surface area (Å²) in [5, 5.41) is 0. The van der Waals surface area contributed by atoms with E-state index >= 15 is 0 Å². The molecule has 0 unspecified atom stereocenters. The van der Waals surface area contributed by atoms with Gasteiger partial charge in [0.25, 0.3) is 0 Å². The number of ether oxygens (including phenoxy) is 1. The quantitative estimate of drug-likeness (QED) is 0.379. The molecule has 0 saturated heterocycles. The Kier molecular flexibility index (Phi) is 4.38. The molecule has 3 heteroatoms. The number of carbonyl (C=O) groups is 2. The molecule has 0 amide bonds. The zero-order chi connectivity index (χ0) is 10.5. The summed E-state index contributed by atoms with van der Waals surface area (Å²) in [5.74, 6) is -0.278. The van der Waals surface area contributed by atoms with Gasteiger partial charge in [0.1, 0.15) is 5.78 Å². The Morgan fingerprint density at radius 1 is 1.31 bits per heavy atom. The third-order valence-electron chi connectivity index (χ3n) is 1.56. The zero-order valence-electron chi connectivity index (χ0n) is 8.59. The van der Waals surface area contributed by atoms with Gasteiger partial charge >= 0.3 is 0 Å². The van der Waals surface area contributed by atoms with Crippen molar-refractivity contribution in [3.63, 3.8) is 0 Å². The molecule has 0 aromatic rings. The first-order valence-corrected chi connectivity index (χ1v) is 4.13. The monoisotopic (exact) mass is 184 g/mol. The van der Waals surface area contributed by atoms with E-state index < -0.39 is 5.41 Å². The van der Waals surface area contributed by atoms with Gasteiger partial charge in [-0.1, -0.05) is 20.8 Å². The van der Waals surface area contributed by atoms with Gasteiger partial charge in [-0.05, 0) is 0 Å². The summed E-state index contributed by atoms with van der Waals surface area (Å²) >= 11 is 0. The Labute approximate surface area is 78.8 Å². The van der Waals surface area contributed by atoms with E-state index in [-0.39, 0.29) is 18.0 Å². The highest BCUT2D eigenvalue weighted by Crippen LogP contribution is 2.16. The number of Topliss-reactive ketones (excluding diaryl/α,β-unsaturated/α-hetero) is 1. The molecule has 0 spiro atoms. The van der Waals surface area contributed by atoms with Crippen molar-refractivity contribution in [1.29, 1.82) is 0 Å². The lowest BCUT2D eigenvalue weighted by molar-refractivity contribution is -0.130. The summed E-state index contributed by atoms with van der Waals surface area (Å²) in [7, 11) is 1.45. The Morgan fingerprint density at radius 2 is 1.85 bits per heavy atom. The van der Waals surface area contributed by atoms with Crippen molar-refractivity contribution in [2.24, 2.45) is 5.41 Å². The molecular weight excluding hydrogens is 168 g/mol. The molecule has 0 aromatic heterocycles. The van der Waals surface area contributed by atoms with Crippen LogP contribution in [0.1, 0.15) is 27.2 Å². The van der Waals surface area contributed by atoms with E-state index in [1.807, 2.05) is 0 Å². The molecule has 0 aliphatic heterocycles. The number of rotatable bonds is 4. The third-order valence-corrected chi connectivity index (χ3v) is 1.56. The maximum Gasteiger partial charge on any atom is 0.166 e. The number of ketones is 2. The number of hydrogen-bond donors (Lipinski definition) is 0. The Bertz CT molecular complexity index is 221. The first kappa shape index (κ1) is 11.9. The summed E-state index contributed by atoms with van der Waals surface area (Å²) in [4.78, 5) is 22.4. The van der Waals surface area contributed by atoms with Gasteiger partial charge < -0.3 is 4.74 Å². The van der Waals surface area contributed by atoms with Gasteiger partial charge in [0, 0.05) is 11.5 Å². The lowest BCUT2D eigenvalue weighted by Crippen LogP contribution is -2.22. The van der Waals surface area contributed by atoms with Gasteiger partial charge in [-0.3, -0.25) is 9.59 Å². The largest absolute Gasteiger partial charge is 0.504 e. The van der Waals surface area contributed by atoms with Crippen LogP contribution in [0.2, 0.25) is 0 Å². The first-order chi connectivity index (χ1) is 5.88. The predicted octanol–water partition coefficient (Wildman–Crippen LogP) is 1.72. The van der Waals surface area contributed by atoms with Crippen molar-refractivity contribution in [3.05, 3.63) is 12.3 Å². The maximum atomic E-state index is 11.3. The Morgan fingerprint density at radius 3 is 2.23 bits per heavy atom. The fourth-order valence-electron chi connectivity index (χ4n) is 0.626. The van der Waals surface area contributed by atoms with Crippen LogP contribution in [0.5, 0.6) is 0 Å². The van der Waals surface area contributed by atoms with Gasteiger partial charge in [0.15, 0.2) is 5.78 Å². The highest BCUT2D eigenvalue weighted by molar-refractivity contribution is 6.05. The average molecular weight is 184 g/mol. The minimum atomic E-state index is -0.448. The second-order valence-electron chi connectivity index (χ2n) is 3.85. The number of hydrogen-bond acceptors (Lipinski definition) is 3. The van der Waals surface area contributed by atoms with E-state index in [4.69, 9.17) is 0 Å².